The zero-order chi connectivity index (χ0) is 14.7. The SMILES string of the molecule is CCCc1nc(N)cc(Nc2c(C)cc(Br)cc2C)n1. The van der Waals surface area contributed by atoms with Crippen molar-refractivity contribution in [2.45, 2.75) is 33.6 Å². The van der Waals surface area contributed by atoms with Crippen LogP contribution in [-0.2, 0) is 6.42 Å². The normalized spacial score (nSPS) is 10.6. The van der Waals surface area contributed by atoms with Gasteiger partial charge < -0.3 is 11.1 Å². The van der Waals surface area contributed by atoms with Crippen molar-refractivity contribution in [1.82, 2.24) is 9.97 Å². The lowest BCUT2D eigenvalue weighted by Gasteiger charge is -2.13. The molecule has 106 valence electrons. The maximum absolute atomic E-state index is 5.84. The van der Waals surface area contributed by atoms with Crippen LogP contribution in [0.15, 0.2) is 22.7 Å². The standard InChI is InChI=1S/C15H19BrN4/c1-4-5-13-18-12(17)8-14(19-13)20-15-9(2)6-11(16)7-10(15)3/h6-8H,4-5H2,1-3H3,(H3,17,18,19,20). The number of nitrogens with zero attached hydrogens (tertiary/aromatic N) is 2. The Morgan fingerprint density at radius 3 is 2.40 bits per heavy atom. The Hall–Kier alpha value is -1.62. The Morgan fingerprint density at radius 2 is 1.80 bits per heavy atom. The van der Waals surface area contributed by atoms with E-state index in [9.17, 15) is 0 Å². The Balaban J connectivity index is 2.35. The van der Waals surface area contributed by atoms with Crippen LogP contribution in [0.25, 0.3) is 0 Å². The number of anilines is 3. The molecule has 1 heterocycles. The Bertz CT molecular complexity index is 602. The quantitative estimate of drug-likeness (QED) is 0.882. The smallest absolute Gasteiger partial charge is 0.136 e. The van der Waals surface area contributed by atoms with Crippen LogP contribution < -0.4 is 11.1 Å². The van der Waals surface area contributed by atoms with Crippen LogP contribution in [0.2, 0.25) is 0 Å². The minimum atomic E-state index is 0.498. The molecular formula is C15H19BrN4. The summed E-state index contributed by atoms with van der Waals surface area (Å²) in [5.41, 5.74) is 9.23. The molecule has 0 aliphatic rings. The molecule has 0 unspecified atom stereocenters. The molecule has 0 fully saturated rings. The van der Waals surface area contributed by atoms with Gasteiger partial charge in [0.2, 0.25) is 0 Å². The fourth-order valence-electron chi connectivity index (χ4n) is 2.15. The lowest BCUT2D eigenvalue weighted by molar-refractivity contribution is 0.839. The molecular weight excluding hydrogens is 316 g/mol. The first-order valence-electron chi connectivity index (χ1n) is 6.66. The van der Waals surface area contributed by atoms with E-state index in [1.54, 1.807) is 6.07 Å². The third kappa shape index (κ3) is 3.48. The number of aryl methyl sites for hydroxylation is 3. The highest BCUT2D eigenvalue weighted by atomic mass is 79.9. The Kier molecular flexibility index (Phi) is 4.60. The molecule has 0 aliphatic heterocycles. The molecule has 0 radical (unpaired) electrons. The van der Waals surface area contributed by atoms with E-state index in [0.29, 0.717) is 5.82 Å². The molecule has 3 N–H and O–H groups in total. The summed E-state index contributed by atoms with van der Waals surface area (Å²) in [6, 6.07) is 5.92. The molecule has 0 bridgehead atoms. The number of nitrogens with one attached hydrogen (secondary N) is 1. The van der Waals surface area contributed by atoms with Gasteiger partial charge in [-0.05, 0) is 43.5 Å². The molecule has 1 aromatic heterocycles. The number of hydrogen-bond acceptors (Lipinski definition) is 4. The zero-order valence-corrected chi connectivity index (χ0v) is 13.6. The first-order chi connectivity index (χ1) is 9.49. The Morgan fingerprint density at radius 1 is 1.15 bits per heavy atom. The predicted molar refractivity (Wildman–Crippen MR) is 87.3 cm³/mol. The van der Waals surface area contributed by atoms with Crippen molar-refractivity contribution in [2.75, 3.05) is 11.1 Å². The van der Waals surface area contributed by atoms with Gasteiger partial charge in [0, 0.05) is 22.6 Å². The van der Waals surface area contributed by atoms with Gasteiger partial charge in [0.1, 0.15) is 17.5 Å². The molecule has 0 saturated heterocycles. The number of rotatable bonds is 4. The minimum Gasteiger partial charge on any atom is -0.384 e. The summed E-state index contributed by atoms with van der Waals surface area (Å²) in [7, 11) is 0. The van der Waals surface area contributed by atoms with Crippen LogP contribution in [0.4, 0.5) is 17.3 Å². The lowest BCUT2D eigenvalue weighted by atomic mass is 10.1. The average molecular weight is 335 g/mol. The highest BCUT2D eigenvalue weighted by Crippen LogP contribution is 2.27. The van der Waals surface area contributed by atoms with E-state index in [2.05, 4.69) is 64.1 Å². The number of hydrogen-bond donors (Lipinski definition) is 2. The van der Waals surface area contributed by atoms with E-state index in [1.807, 2.05) is 0 Å². The van der Waals surface area contributed by atoms with E-state index in [1.165, 1.54) is 0 Å². The fraction of sp³-hybridized carbons (Fsp3) is 0.333. The summed E-state index contributed by atoms with van der Waals surface area (Å²) in [5, 5.41) is 3.36. The Labute approximate surface area is 128 Å². The fourth-order valence-corrected chi connectivity index (χ4v) is 2.84. The molecule has 1 aromatic carbocycles. The van der Waals surface area contributed by atoms with Crippen LogP contribution >= 0.6 is 15.9 Å². The first-order valence-corrected chi connectivity index (χ1v) is 7.46. The van der Waals surface area contributed by atoms with E-state index < -0.39 is 0 Å². The molecule has 20 heavy (non-hydrogen) atoms. The van der Waals surface area contributed by atoms with Gasteiger partial charge >= 0.3 is 0 Å². The van der Waals surface area contributed by atoms with Crippen molar-refractivity contribution in [3.8, 4) is 0 Å². The molecule has 0 saturated carbocycles. The van der Waals surface area contributed by atoms with Crippen molar-refractivity contribution in [3.05, 3.63) is 39.6 Å². The number of aromatic nitrogens is 2. The number of halogens is 1. The van der Waals surface area contributed by atoms with Crippen LogP contribution in [-0.4, -0.2) is 9.97 Å². The van der Waals surface area contributed by atoms with E-state index in [4.69, 9.17) is 5.73 Å². The molecule has 0 aliphatic carbocycles. The molecule has 0 spiro atoms. The predicted octanol–water partition coefficient (Wildman–Crippen LogP) is 4.13. The van der Waals surface area contributed by atoms with Gasteiger partial charge in [-0.2, -0.15) is 0 Å². The molecule has 0 atom stereocenters. The van der Waals surface area contributed by atoms with Gasteiger partial charge in [0.15, 0.2) is 0 Å². The molecule has 2 aromatic rings. The molecule has 5 heteroatoms. The topological polar surface area (TPSA) is 63.8 Å². The van der Waals surface area contributed by atoms with Crippen molar-refractivity contribution < 1.29 is 0 Å². The van der Waals surface area contributed by atoms with Crippen LogP contribution in [0, 0.1) is 13.8 Å². The van der Waals surface area contributed by atoms with Gasteiger partial charge in [-0.25, -0.2) is 9.97 Å². The van der Waals surface area contributed by atoms with Gasteiger partial charge in [-0.3, -0.25) is 0 Å². The third-order valence-corrected chi connectivity index (χ3v) is 3.47. The van der Waals surface area contributed by atoms with Crippen molar-refractivity contribution in [2.24, 2.45) is 0 Å². The summed E-state index contributed by atoms with van der Waals surface area (Å²) >= 11 is 3.50. The number of nitrogens with two attached hydrogens (primary N) is 1. The maximum Gasteiger partial charge on any atom is 0.136 e. The average Bonchev–Trinajstić information content (AvgIpc) is 2.33. The van der Waals surface area contributed by atoms with Gasteiger partial charge in [0.05, 0.1) is 0 Å². The lowest BCUT2D eigenvalue weighted by Crippen LogP contribution is -2.05. The van der Waals surface area contributed by atoms with E-state index in [-0.39, 0.29) is 0 Å². The molecule has 0 amide bonds. The van der Waals surface area contributed by atoms with Gasteiger partial charge in [-0.15, -0.1) is 0 Å². The van der Waals surface area contributed by atoms with Crippen LogP contribution in [0.1, 0.15) is 30.3 Å². The first kappa shape index (κ1) is 14.8. The van der Waals surface area contributed by atoms with Crippen molar-refractivity contribution in [3.63, 3.8) is 0 Å². The number of nitrogen functional groups attached to an aromatic ring is 1. The second-order valence-electron chi connectivity index (χ2n) is 4.88. The zero-order valence-electron chi connectivity index (χ0n) is 12.0. The second-order valence-corrected chi connectivity index (χ2v) is 5.80. The highest BCUT2D eigenvalue weighted by Gasteiger charge is 2.07. The third-order valence-electron chi connectivity index (χ3n) is 3.02. The number of benzene rings is 1. The van der Waals surface area contributed by atoms with Crippen molar-refractivity contribution in [1.29, 1.82) is 0 Å². The molecule has 2 rings (SSSR count). The summed E-state index contributed by atoms with van der Waals surface area (Å²) in [6.45, 7) is 6.23. The molecule has 4 nitrogen and oxygen atoms in total. The highest BCUT2D eigenvalue weighted by molar-refractivity contribution is 9.10. The van der Waals surface area contributed by atoms with Gasteiger partial charge in [0.25, 0.3) is 0 Å². The summed E-state index contributed by atoms with van der Waals surface area (Å²) in [5.74, 6) is 2.02. The second kappa shape index (κ2) is 6.22. The van der Waals surface area contributed by atoms with E-state index in [0.717, 1.165) is 45.8 Å². The van der Waals surface area contributed by atoms with Crippen LogP contribution in [0.5, 0.6) is 0 Å². The largest absolute Gasteiger partial charge is 0.384 e. The monoisotopic (exact) mass is 334 g/mol. The van der Waals surface area contributed by atoms with E-state index >= 15 is 0 Å². The minimum absolute atomic E-state index is 0.498. The maximum atomic E-state index is 5.84. The van der Waals surface area contributed by atoms with Crippen LogP contribution in [0.3, 0.4) is 0 Å². The summed E-state index contributed by atoms with van der Waals surface area (Å²) in [6.07, 6.45) is 1.83. The summed E-state index contributed by atoms with van der Waals surface area (Å²) < 4.78 is 1.08. The van der Waals surface area contributed by atoms with Crippen molar-refractivity contribution >= 4 is 33.3 Å². The summed E-state index contributed by atoms with van der Waals surface area (Å²) in [4.78, 5) is 8.75. The van der Waals surface area contributed by atoms with Gasteiger partial charge in [-0.1, -0.05) is 22.9 Å².